The van der Waals surface area contributed by atoms with Crippen molar-refractivity contribution in [2.45, 2.75) is 12.5 Å². The fraction of sp³-hybridized carbons (Fsp3) is 0.286. The van der Waals surface area contributed by atoms with Gasteiger partial charge in [0.2, 0.25) is 5.78 Å². The second-order valence-corrected chi connectivity index (χ2v) is 7.74. The molecule has 1 aliphatic heterocycles. The van der Waals surface area contributed by atoms with Crippen molar-refractivity contribution < 1.29 is 19.1 Å². The molecule has 7 heteroatoms. The molecular formula is C21H17Cl2NO4. The second-order valence-electron chi connectivity index (χ2n) is 6.89. The highest BCUT2D eigenvalue weighted by molar-refractivity contribution is 6.36. The van der Waals surface area contributed by atoms with Crippen molar-refractivity contribution in [2.75, 3.05) is 13.2 Å². The van der Waals surface area contributed by atoms with Crippen molar-refractivity contribution in [3.63, 3.8) is 0 Å². The van der Waals surface area contributed by atoms with E-state index in [1.54, 1.807) is 49.4 Å². The number of carbonyl (C=O) groups excluding carboxylic acids is 3. The van der Waals surface area contributed by atoms with Crippen LogP contribution in [0.5, 0.6) is 0 Å². The maximum absolute atomic E-state index is 13.1. The van der Waals surface area contributed by atoms with Crippen LogP contribution in [0.4, 0.5) is 0 Å². The topological polar surface area (TPSA) is 72.5 Å². The highest BCUT2D eigenvalue weighted by atomic mass is 35.5. The van der Waals surface area contributed by atoms with E-state index in [2.05, 4.69) is 5.32 Å². The Balaban J connectivity index is 2.02. The number of carbonyl (C=O) groups is 3. The van der Waals surface area contributed by atoms with Gasteiger partial charge in [-0.25, -0.2) is 4.79 Å². The third-order valence-corrected chi connectivity index (χ3v) is 6.10. The summed E-state index contributed by atoms with van der Waals surface area (Å²) in [4.78, 5) is 38.6. The van der Waals surface area contributed by atoms with Crippen molar-refractivity contribution in [3.8, 4) is 0 Å². The van der Waals surface area contributed by atoms with E-state index >= 15 is 0 Å². The SMILES string of the molecule is CCOC(=O)C(=O)[C@H]1[C@H]2CN[C@]1(c1ccccc1Cl)c1cc(Cl)ccc1C2=O. The Hall–Kier alpha value is -2.21. The fourth-order valence-electron chi connectivity index (χ4n) is 4.46. The van der Waals surface area contributed by atoms with Crippen LogP contribution in [-0.2, 0) is 19.9 Å². The van der Waals surface area contributed by atoms with Crippen molar-refractivity contribution in [1.82, 2.24) is 5.32 Å². The number of hydrogen-bond donors (Lipinski definition) is 1. The van der Waals surface area contributed by atoms with Gasteiger partial charge >= 0.3 is 5.97 Å². The van der Waals surface area contributed by atoms with Gasteiger partial charge in [0.1, 0.15) is 0 Å². The molecular weight excluding hydrogens is 401 g/mol. The first-order valence-corrected chi connectivity index (χ1v) is 9.72. The minimum Gasteiger partial charge on any atom is -0.460 e. The average molecular weight is 418 g/mol. The normalized spacial score (nSPS) is 25.3. The molecule has 0 aromatic heterocycles. The molecule has 0 spiro atoms. The van der Waals surface area contributed by atoms with Crippen molar-refractivity contribution in [1.29, 1.82) is 0 Å². The van der Waals surface area contributed by atoms with Gasteiger partial charge in [0.15, 0.2) is 5.78 Å². The molecule has 1 fully saturated rings. The first-order chi connectivity index (χ1) is 13.4. The van der Waals surface area contributed by atoms with E-state index in [1.807, 2.05) is 0 Å². The van der Waals surface area contributed by atoms with Crippen molar-refractivity contribution in [2.24, 2.45) is 11.8 Å². The first-order valence-electron chi connectivity index (χ1n) is 8.97. The average Bonchev–Trinajstić information content (AvgIpc) is 3.03. The lowest BCUT2D eigenvalue weighted by Crippen LogP contribution is -2.52. The van der Waals surface area contributed by atoms with Crippen molar-refractivity contribution in [3.05, 3.63) is 69.2 Å². The summed E-state index contributed by atoms with van der Waals surface area (Å²) in [5, 5.41) is 4.19. The lowest BCUT2D eigenvalue weighted by molar-refractivity contribution is -0.156. The van der Waals surface area contributed by atoms with Crippen molar-refractivity contribution >= 4 is 40.7 Å². The number of hydrogen-bond acceptors (Lipinski definition) is 5. The smallest absolute Gasteiger partial charge is 0.375 e. The van der Waals surface area contributed by atoms with Crippen LogP contribution in [-0.4, -0.2) is 30.7 Å². The zero-order valence-corrected chi connectivity index (χ0v) is 16.5. The molecule has 2 aromatic rings. The molecule has 0 saturated carbocycles. The van der Waals surface area contributed by atoms with Crippen LogP contribution in [0, 0.1) is 11.8 Å². The molecule has 0 radical (unpaired) electrons. The number of Topliss-reactive ketones (excluding diaryl/α,β-unsaturated/α-hetero) is 2. The summed E-state index contributed by atoms with van der Waals surface area (Å²) in [6.07, 6.45) is 0. The molecule has 1 aliphatic carbocycles. The number of ketones is 2. The van der Waals surface area contributed by atoms with E-state index in [0.29, 0.717) is 26.7 Å². The van der Waals surface area contributed by atoms with E-state index in [0.717, 1.165) is 0 Å². The molecule has 144 valence electrons. The summed E-state index contributed by atoms with van der Waals surface area (Å²) >= 11 is 12.8. The molecule has 28 heavy (non-hydrogen) atoms. The molecule has 4 rings (SSSR count). The number of nitrogens with one attached hydrogen (secondary N) is 1. The van der Waals surface area contributed by atoms with Crippen LogP contribution in [0.3, 0.4) is 0 Å². The Bertz CT molecular complexity index is 1010. The molecule has 2 bridgehead atoms. The maximum Gasteiger partial charge on any atom is 0.375 e. The standard InChI is InChI=1S/C21H17Cl2NO4/c1-2-28-20(27)19(26)17-13-10-24-21(17,14-5-3-4-6-16(14)23)15-9-11(22)7-8-12(15)18(13)25/h3-9,13,17,24H,2,10H2,1H3/t13-,17-,21-/m1/s1. The number of rotatable bonds is 4. The van der Waals surface area contributed by atoms with Crippen LogP contribution >= 0.6 is 23.2 Å². The highest BCUT2D eigenvalue weighted by Gasteiger charge is 2.62. The predicted molar refractivity (Wildman–Crippen MR) is 105 cm³/mol. The summed E-state index contributed by atoms with van der Waals surface area (Å²) < 4.78 is 4.95. The van der Waals surface area contributed by atoms with E-state index < -0.39 is 29.1 Å². The van der Waals surface area contributed by atoms with Gasteiger partial charge in [-0.3, -0.25) is 9.59 Å². The van der Waals surface area contributed by atoms with E-state index in [9.17, 15) is 14.4 Å². The Labute approximate surface area is 172 Å². The number of esters is 1. The molecule has 1 heterocycles. The van der Waals surface area contributed by atoms with Gasteiger partial charge < -0.3 is 10.1 Å². The molecule has 1 N–H and O–H groups in total. The molecule has 2 aliphatic rings. The second kappa shape index (κ2) is 6.99. The van der Waals surface area contributed by atoms with Gasteiger partial charge in [0.25, 0.3) is 0 Å². The zero-order valence-electron chi connectivity index (χ0n) is 15.0. The summed E-state index contributed by atoms with van der Waals surface area (Å²) in [6.45, 7) is 1.94. The van der Waals surface area contributed by atoms with Crippen LogP contribution in [0.25, 0.3) is 0 Å². The van der Waals surface area contributed by atoms with Gasteiger partial charge in [-0.05, 0) is 42.3 Å². The molecule has 2 aromatic carbocycles. The zero-order chi connectivity index (χ0) is 20.1. The third kappa shape index (κ3) is 2.61. The predicted octanol–water partition coefficient (Wildman–Crippen LogP) is 3.40. The summed E-state index contributed by atoms with van der Waals surface area (Å²) in [5.74, 6) is -3.54. The fourth-order valence-corrected chi connectivity index (χ4v) is 4.92. The van der Waals surface area contributed by atoms with E-state index in [-0.39, 0.29) is 18.9 Å². The number of halogens is 2. The van der Waals surface area contributed by atoms with Gasteiger partial charge in [0, 0.05) is 28.1 Å². The van der Waals surface area contributed by atoms with E-state index in [4.69, 9.17) is 27.9 Å². The van der Waals surface area contributed by atoms with E-state index in [1.165, 1.54) is 0 Å². The summed E-state index contributed by atoms with van der Waals surface area (Å²) in [5.41, 5.74) is 0.514. The molecule has 0 amide bonds. The van der Waals surface area contributed by atoms with Crippen LogP contribution in [0.2, 0.25) is 10.0 Å². The molecule has 3 atom stereocenters. The van der Waals surface area contributed by atoms with Gasteiger partial charge in [-0.15, -0.1) is 0 Å². The monoisotopic (exact) mass is 417 g/mol. The lowest BCUT2D eigenvalue weighted by atomic mass is 9.62. The minimum atomic E-state index is -1.14. The number of benzene rings is 2. The Kier molecular flexibility index (Phi) is 4.78. The van der Waals surface area contributed by atoms with Gasteiger partial charge in [-0.2, -0.15) is 0 Å². The Morgan fingerprint density at radius 2 is 1.93 bits per heavy atom. The molecule has 0 unspecified atom stereocenters. The number of ether oxygens (including phenoxy) is 1. The van der Waals surface area contributed by atoms with Crippen LogP contribution in [0.15, 0.2) is 42.5 Å². The molecule has 1 saturated heterocycles. The Morgan fingerprint density at radius 1 is 1.18 bits per heavy atom. The minimum absolute atomic E-state index is 0.0742. The Morgan fingerprint density at radius 3 is 2.64 bits per heavy atom. The largest absolute Gasteiger partial charge is 0.460 e. The van der Waals surface area contributed by atoms with Gasteiger partial charge in [0.05, 0.1) is 18.1 Å². The molecule has 5 nitrogen and oxygen atoms in total. The lowest BCUT2D eigenvalue weighted by Gasteiger charge is -2.41. The van der Waals surface area contributed by atoms with Gasteiger partial charge in [-0.1, -0.05) is 41.4 Å². The van der Waals surface area contributed by atoms with Crippen LogP contribution < -0.4 is 5.32 Å². The quantitative estimate of drug-likeness (QED) is 0.609. The third-order valence-electron chi connectivity index (χ3n) is 5.54. The number of fused-ring (bicyclic) bond motifs is 4. The summed E-state index contributed by atoms with van der Waals surface area (Å²) in [7, 11) is 0. The summed E-state index contributed by atoms with van der Waals surface area (Å²) in [6, 6.07) is 12.1. The van der Waals surface area contributed by atoms with Crippen LogP contribution in [0.1, 0.15) is 28.4 Å². The first kappa shape index (κ1) is 19.1. The highest BCUT2D eigenvalue weighted by Crippen LogP contribution is 2.53. The maximum atomic E-state index is 13.1.